The number of rotatable bonds is 0. The molecule has 0 aliphatic carbocycles. The van der Waals surface area contributed by atoms with Gasteiger partial charge in [-0.05, 0) is 6.16 Å². The van der Waals surface area contributed by atoms with Crippen LogP contribution >= 0.6 is 0 Å². The summed E-state index contributed by atoms with van der Waals surface area (Å²) in [7, 11) is 0. The van der Waals surface area contributed by atoms with Gasteiger partial charge < -0.3 is 15.0 Å². The van der Waals surface area contributed by atoms with Crippen LogP contribution in [0.25, 0.3) is 0 Å². The van der Waals surface area contributed by atoms with Crippen LogP contribution in [0.5, 0.6) is 0 Å². The van der Waals surface area contributed by atoms with E-state index in [1.165, 1.54) is 0 Å². The Bertz CT molecular complexity index is 54.9. The van der Waals surface area contributed by atoms with Gasteiger partial charge in [-0.25, -0.2) is 0 Å². The predicted octanol–water partition coefficient (Wildman–Crippen LogP) is -3.45. The summed E-state index contributed by atoms with van der Waals surface area (Å²) in [6.07, 6.45) is -2.33. The third-order valence-corrected chi connectivity index (χ3v) is 0. The van der Waals surface area contributed by atoms with Crippen LogP contribution in [-0.2, 0) is 23.0 Å². The van der Waals surface area contributed by atoms with Gasteiger partial charge in [0.15, 0.2) is 0 Å². The molecule has 5 nitrogen and oxygen atoms in total. The monoisotopic (exact) mass is 212 g/mol. The van der Waals surface area contributed by atoms with Crippen molar-refractivity contribution in [2.45, 2.75) is 0 Å². The second-order valence-electron chi connectivity index (χ2n) is 0.250. The van der Waals surface area contributed by atoms with E-state index in [2.05, 4.69) is 0 Å². The Balaban J connectivity index is -0.0000000221. The molecule has 8 heteroatoms. The van der Waals surface area contributed by atoms with E-state index in [-0.39, 0.29) is 37.7 Å². The van der Waals surface area contributed by atoms with Crippen molar-refractivity contribution in [3.63, 3.8) is 0 Å². The molecule has 0 aromatic heterocycles. The van der Waals surface area contributed by atoms with Gasteiger partial charge in [0.1, 0.15) is 0 Å². The first-order valence-corrected chi connectivity index (χ1v) is 2.07. The van der Waals surface area contributed by atoms with Crippen molar-refractivity contribution in [1.82, 2.24) is 0 Å². The molecule has 0 aliphatic heterocycles. The van der Waals surface area contributed by atoms with Crippen molar-refractivity contribution < 1.29 is 38.0 Å². The Morgan fingerprint density at radius 2 is 1.22 bits per heavy atom. The Morgan fingerprint density at radius 1 is 1.22 bits per heavy atom. The summed E-state index contributed by atoms with van der Waals surface area (Å²) < 4.78 is 16.3. The van der Waals surface area contributed by atoms with Crippen LogP contribution in [0.3, 0.4) is 0 Å². The van der Waals surface area contributed by atoms with Gasteiger partial charge in [-0.15, -0.1) is 0 Å². The van der Waals surface area contributed by atoms with Gasteiger partial charge in [-0.3, -0.25) is 0 Å². The molecule has 0 heterocycles. The minimum atomic E-state index is -2.33. The molecule has 46 valence electrons. The first-order valence-electron chi connectivity index (χ1n) is 1.05. The van der Waals surface area contributed by atoms with Crippen molar-refractivity contribution in [2.24, 2.45) is 0 Å². The fourth-order valence-corrected chi connectivity index (χ4v) is 0. The molecular formula is CCaFeMgO5. The van der Waals surface area contributed by atoms with Crippen molar-refractivity contribution >= 4 is 65.6 Å². The van der Waals surface area contributed by atoms with Crippen LogP contribution in [0, 0.1) is 0 Å². The van der Waals surface area contributed by atoms with Crippen molar-refractivity contribution in [3.8, 4) is 0 Å². The number of carboxylic acid groups (broad SMARTS) is 2. The SMILES string of the molecule is O=C([O-])[O-].[Ca+2].[O]=[Fe].[O]=[Mg]. The second-order valence-corrected chi connectivity index (χ2v) is 0.250. The fourth-order valence-electron chi connectivity index (χ4n) is 0. The summed E-state index contributed by atoms with van der Waals surface area (Å²) in [4.78, 5) is 8.33. The predicted molar refractivity (Wildman–Crippen MR) is 18.3 cm³/mol. The third kappa shape index (κ3) is 258. The van der Waals surface area contributed by atoms with Gasteiger partial charge in [-0.1, -0.05) is 0 Å². The van der Waals surface area contributed by atoms with E-state index in [1.807, 2.05) is 15.9 Å². The summed E-state index contributed by atoms with van der Waals surface area (Å²) in [6.45, 7) is 0. The standard InChI is InChI=1S/CH2O3.Ca.Fe.Mg.2O/c2-1(3)4;;;;;/h(H2,2,3,4);;;;;/q;+2;;;;/p-2. The quantitative estimate of drug-likeness (QED) is 0.389. The summed E-state index contributed by atoms with van der Waals surface area (Å²) in [5, 5.41) is 16.7. The molecule has 0 bridgehead atoms. The van der Waals surface area contributed by atoms with Crippen LogP contribution in [0.2, 0.25) is 0 Å². The summed E-state index contributed by atoms with van der Waals surface area (Å²) in [6, 6.07) is 0. The molecule has 0 saturated heterocycles. The first kappa shape index (κ1) is 22.4. The van der Waals surface area contributed by atoms with Crippen LogP contribution in [0.4, 0.5) is 4.79 Å². The maximum atomic E-state index is 8.33. The molecule has 0 atom stereocenters. The fraction of sp³-hybridized carbons (Fsp3) is 0. The number of carbonyl (C=O) groups is 1. The van der Waals surface area contributed by atoms with E-state index in [9.17, 15) is 0 Å². The first-order chi connectivity index (χ1) is 3.73. The van der Waals surface area contributed by atoms with Crippen molar-refractivity contribution in [3.05, 3.63) is 0 Å². The molecule has 0 amide bonds. The molecule has 0 spiro atoms. The third-order valence-electron chi connectivity index (χ3n) is 0. The molecular weight excluding hydrogens is 212 g/mol. The zero-order chi connectivity index (χ0) is 7.58. The zero-order valence-corrected chi connectivity index (χ0v) is 9.04. The van der Waals surface area contributed by atoms with Gasteiger partial charge in [0.2, 0.25) is 0 Å². The Morgan fingerprint density at radius 3 is 1.22 bits per heavy atom. The molecule has 0 aromatic rings. The molecule has 0 saturated carbocycles. The summed E-state index contributed by atoms with van der Waals surface area (Å²) in [5.41, 5.74) is 0. The Hall–Kier alpha value is 1.42. The van der Waals surface area contributed by atoms with E-state index >= 15 is 0 Å². The van der Waals surface area contributed by atoms with Crippen molar-refractivity contribution in [2.75, 3.05) is 0 Å². The molecule has 0 aromatic carbocycles. The van der Waals surface area contributed by atoms with Gasteiger partial charge >= 0.3 is 82.4 Å². The number of carbonyl (C=O) groups excluding carboxylic acids is 1. The molecule has 0 aliphatic rings. The van der Waals surface area contributed by atoms with Gasteiger partial charge in [-0.2, -0.15) is 0 Å². The molecule has 0 rings (SSSR count). The van der Waals surface area contributed by atoms with E-state index in [0.29, 0.717) is 21.7 Å². The van der Waals surface area contributed by atoms with E-state index in [1.54, 1.807) is 0 Å². The normalized spacial score (nSPS) is 3.89. The van der Waals surface area contributed by atoms with Crippen LogP contribution in [0.15, 0.2) is 0 Å². The molecule has 9 heavy (non-hydrogen) atoms. The van der Waals surface area contributed by atoms with Crippen LogP contribution < -0.4 is 10.2 Å². The van der Waals surface area contributed by atoms with E-state index < -0.39 is 6.16 Å². The van der Waals surface area contributed by atoms with Gasteiger partial charge in [0, 0.05) is 0 Å². The maximum absolute atomic E-state index is 8.33. The molecule has 0 N–H and O–H groups in total. The van der Waals surface area contributed by atoms with Gasteiger partial charge in [0.05, 0.1) is 0 Å². The zero-order valence-electron chi connectivity index (χ0n) is 4.31. The molecule has 0 unspecified atom stereocenters. The summed E-state index contributed by atoms with van der Waals surface area (Å²) in [5.74, 6) is 0. The van der Waals surface area contributed by atoms with Crippen LogP contribution in [-0.4, -0.2) is 65.6 Å². The van der Waals surface area contributed by atoms with Crippen LogP contribution in [0.1, 0.15) is 0 Å². The average molecular weight is 212 g/mol. The second kappa shape index (κ2) is 34.2. The number of hydrogen-bond donors (Lipinski definition) is 0. The molecule has 0 radical (unpaired) electrons. The number of hydrogen-bond acceptors (Lipinski definition) is 5. The average Bonchev–Trinajstić information content (AvgIpc) is 1.75. The summed E-state index contributed by atoms with van der Waals surface area (Å²) >= 11 is 2.61. The molecule has 0 fully saturated rings. The van der Waals surface area contributed by atoms with E-state index in [4.69, 9.17) is 22.0 Å². The van der Waals surface area contributed by atoms with Gasteiger partial charge in [0.25, 0.3) is 0 Å². The van der Waals surface area contributed by atoms with E-state index in [0.717, 1.165) is 0 Å². The topological polar surface area (TPSA) is 97.3 Å². The Kier molecular flexibility index (Phi) is 85.3. The van der Waals surface area contributed by atoms with Crippen molar-refractivity contribution in [1.29, 1.82) is 0 Å². The Labute approximate surface area is 102 Å². The minimum absolute atomic E-state index is 0.